The third-order valence-electron chi connectivity index (χ3n) is 4.41. The topological polar surface area (TPSA) is 83.0 Å². The molecule has 1 aliphatic carbocycles. The third-order valence-corrected chi connectivity index (χ3v) is 4.41. The normalized spacial score (nSPS) is 21.0. The van der Waals surface area contributed by atoms with E-state index in [0.29, 0.717) is 0 Å². The van der Waals surface area contributed by atoms with Gasteiger partial charge in [-0.3, -0.25) is 0 Å². The maximum absolute atomic E-state index is 14.6. The lowest BCUT2D eigenvalue weighted by molar-refractivity contribution is -0.143. The fourth-order valence-electron chi connectivity index (χ4n) is 3.10. The zero-order chi connectivity index (χ0) is 21.3. The number of nitrogens with one attached hydrogen (secondary N) is 2. The maximum Gasteiger partial charge on any atom is 0.408 e. The van der Waals surface area contributed by atoms with Crippen LogP contribution in [0.5, 0.6) is 0 Å². The molecule has 0 aromatic carbocycles. The van der Waals surface area contributed by atoms with Crippen molar-refractivity contribution < 1.29 is 22.7 Å². The zero-order valence-electron chi connectivity index (χ0n) is 16.7. The van der Waals surface area contributed by atoms with E-state index >= 15 is 0 Å². The first-order chi connectivity index (χ1) is 12.8. The summed E-state index contributed by atoms with van der Waals surface area (Å²) >= 11 is 0. The minimum Gasteiger partial charge on any atom is -0.386 e. The molecule has 28 heavy (non-hydrogen) atoms. The van der Waals surface area contributed by atoms with Gasteiger partial charge in [0.1, 0.15) is 18.0 Å². The molecule has 0 bridgehead atoms. The first kappa shape index (κ1) is 22.3. The number of hydrogen-bond acceptors (Lipinski definition) is 6. The monoisotopic (exact) mass is 405 g/mol. The van der Waals surface area contributed by atoms with Crippen molar-refractivity contribution in [3.8, 4) is 0 Å². The molecule has 0 saturated carbocycles. The minimum absolute atomic E-state index is 0.0395. The molecule has 3 N–H and O–H groups in total. The Morgan fingerprint density at radius 2 is 1.71 bits per heavy atom. The van der Waals surface area contributed by atoms with Crippen LogP contribution in [0.2, 0.25) is 0 Å². The molecular weight excluding hydrogens is 378 g/mol. The molecule has 1 aromatic rings. The van der Waals surface area contributed by atoms with E-state index in [2.05, 4.69) is 25.6 Å². The molecule has 1 aliphatic rings. The molecule has 0 radical (unpaired) electrons. The lowest BCUT2D eigenvalue weighted by Gasteiger charge is -2.33. The van der Waals surface area contributed by atoms with Gasteiger partial charge in [0, 0.05) is 11.6 Å². The van der Waals surface area contributed by atoms with Gasteiger partial charge in [-0.2, -0.15) is 28.1 Å². The standard InChI is InChI=1S/C18H27F4N5O/c1-6-12(18(20,21)22)24-16-26-14(25-15(27-16)23-9(2)3)10-7-17(4,5)8-11(28)13(10)19/h9,11-12,28H,6-8H2,1-5H3,(H2,23,24,25,26,27)/t11?,12-/m1/s1. The van der Waals surface area contributed by atoms with E-state index in [0.717, 1.165) is 0 Å². The fourth-order valence-corrected chi connectivity index (χ4v) is 3.10. The number of hydrogen-bond donors (Lipinski definition) is 3. The van der Waals surface area contributed by atoms with Gasteiger partial charge < -0.3 is 15.7 Å². The molecule has 0 aliphatic heterocycles. The van der Waals surface area contributed by atoms with Gasteiger partial charge >= 0.3 is 6.18 Å². The molecule has 6 nitrogen and oxygen atoms in total. The van der Waals surface area contributed by atoms with E-state index in [1.807, 2.05) is 27.7 Å². The second kappa shape index (κ2) is 8.18. The largest absolute Gasteiger partial charge is 0.408 e. The highest BCUT2D eigenvalue weighted by molar-refractivity contribution is 5.66. The number of anilines is 2. The fraction of sp³-hybridized carbons (Fsp3) is 0.722. The minimum atomic E-state index is -4.49. The number of rotatable bonds is 6. The van der Waals surface area contributed by atoms with Crippen LogP contribution in [0.25, 0.3) is 5.57 Å². The van der Waals surface area contributed by atoms with E-state index in [-0.39, 0.29) is 48.6 Å². The van der Waals surface area contributed by atoms with Crippen LogP contribution < -0.4 is 10.6 Å². The van der Waals surface area contributed by atoms with Crippen LogP contribution in [-0.2, 0) is 0 Å². The van der Waals surface area contributed by atoms with Crippen LogP contribution in [0.1, 0.15) is 59.7 Å². The van der Waals surface area contributed by atoms with Crippen molar-refractivity contribution in [1.29, 1.82) is 0 Å². The van der Waals surface area contributed by atoms with Crippen molar-refractivity contribution in [2.45, 2.75) is 78.2 Å². The summed E-state index contributed by atoms with van der Waals surface area (Å²) < 4.78 is 54.0. The average Bonchev–Trinajstić information content (AvgIpc) is 2.53. The first-order valence-corrected chi connectivity index (χ1v) is 9.25. The van der Waals surface area contributed by atoms with Crippen LogP contribution in [0, 0.1) is 5.41 Å². The molecule has 0 fully saturated rings. The lowest BCUT2D eigenvalue weighted by atomic mass is 9.75. The van der Waals surface area contributed by atoms with Gasteiger partial charge in [0.2, 0.25) is 11.9 Å². The average molecular weight is 405 g/mol. The number of aliphatic hydroxyl groups excluding tert-OH is 1. The zero-order valence-corrected chi connectivity index (χ0v) is 16.7. The molecule has 0 saturated heterocycles. The van der Waals surface area contributed by atoms with Crippen molar-refractivity contribution >= 4 is 17.5 Å². The van der Waals surface area contributed by atoms with Crippen molar-refractivity contribution in [3.05, 3.63) is 11.7 Å². The Labute approximate surface area is 161 Å². The highest BCUT2D eigenvalue weighted by atomic mass is 19.4. The van der Waals surface area contributed by atoms with Crippen LogP contribution in [0.15, 0.2) is 5.83 Å². The number of nitrogens with zero attached hydrogens (tertiary/aromatic N) is 3. The number of halogens is 4. The highest BCUT2D eigenvalue weighted by Crippen LogP contribution is 2.43. The maximum atomic E-state index is 14.6. The van der Waals surface area contributed by atoms with Gasteiger partial charge in [-0.15, -0.1) is 0 Å². The summed E-state index contributed by atoms with van der Waals surface area (Å²) in [6, 6.07) is -1.94. The van der Waals surface area contributed by atoms with Crippen molar-refractivity contribution in [2.24, 2.45) is 5.41 Å². The number of aliphatic hydroxyl groups is 1. The first-order valence-electron chi connectivity index (χ1n) is 9.25. The molecule has 10 heteroatoms. The summed E-state index contributed by atoms with van der Waals surface area (Å²) in [5, 5.41) is 15.2. The van der Waals surface area contributed by atoms with Crippen molar-refractivity contribution in [2.75, 3.05) is 10.6 Å². The quantitative estimate of drug-likeness (QED) is 0.612. The summed E-state index contributed by atoms with van der Waals surface area (Å²) in [6.07, 6.45) is -5.52. The predicted octanol–water partition coefficient (Wildman–Crippen LogP) is 4.31. The summed E-state index contributed by atoms with van der Waals surface area (Å²) in [5.74, 6) is -1.09. The van der Waals surface area contributed by atoms with E-state index in [9.17, 15) is 22.7 Å². The summed E-state index contributed by atoms with van der Waals surface area (Å²) in [4.78, 5) is 12.2. The van der Waals surface area contributed by atoms with Gasteiger partial charge in [-0.05, 0) is 38.5 Å². The molecule has 2 rings (SSSR count). The number of aromatic nitrogens is 3. The molecule has 2 atom stereocenters. The van der Waals surface area contributed by atoms with Crippen LogP contribution in [-0.4, -0.2) is 44.4 Å². The Bertz CT molecular complexity index is 733. The Morgan fingerprint density at radius 1 is 1.14 bits per heavy atom. The Morgan fingerprint density at radius 3 is 2.21 bits per heavy atom. The van der Waals surface area contributed by atoms with Gasteiger partial charge in [-0.25, -0.2) is 4.39 Å². The number of allylic oxidation sites excluding steroid dienone is 1. The second-order valence-electron chi connectivity index (χ2n) is 8.14. The Kier molecular flexibility index (Phi) is 6.52. The van der Waals surface area contributed by atoms with E-state index in [1.165, 1.54) is 6.92 Å². The summed E-state index contributed by atoms with van der Waals surface area (Å²) in [7, 11) is 0. The molecule has 1 aromatic heterocycles. The number of alkyl halides is 3. The van der Waals surface area contributed by atoms with E-state index < -0.39 is 29.6 Å². The molecule has 0 spiro atoms. The van der Waals surface area contributed by atoms with Crippen LogP contribution >= 0.6 is 0 Å². The molecule has 1 unspecified atom stereocenters. The third kappa shape index (κ3) is 5.52. The lowest BCUT2D eigenvalue weighted by Crippen LogP contribution is -2.36. The molecule has 158 valence electrons. The highest BCUT2D eigenvalue weighted by Gasteiger charge is 2.39. The van der Waals surface area contributed by atoms with E-state index in [4.69, 9.17) is 0 Å². The molecule has 0 amide bonds. The van der Waals surface area contributed by atoms with Gasteiger partial charge in [0.25, 0.3) is 0 Å². The van der Waals surface area contributed by atoms with Gasteiger partial charge in [-0.1, -0.05) is 20.8 Å². The molecule has 1 heterocycles. The van der Waals surface area contributed by atoms with Gasteiger partial charge in [0.15, 0.2) is 5.82 Å². The smallest absolute Gasteiger partial charge is 0.386 e. The van der Waals surface area contributed by atoms with Crippen LogP contribution in [0.4, 0.5) is 29.5 Å². The van der Waals surface area contributed by atoms with Crippen LogP contribution in [0.3, 0.4) is 0 Å². The predicted molar refractivity (Wildman–Crippen MR) is 99.4 cm³/mol. The van der Waals surface area contributed by atoms with E-state index in [1.54, 1.807) is 0 Å². The second-order valence-corrected chi connectivity index (χ2v) is 8.14. The van der Waals surface area contributed by atoms with Crippen molar-refractivity contribution in [1.82, 2.24) is 15.0 Å². The SMILES string of the molecule is CC[C@@H](Nc1nc(NC(C)C)nc(C2=C(F)C(O)CC(C)(C)C2)n1)C(F)(F)F. The Balaban J connectivity index is 2.50. The Hall–Kier alpha value is -1.97. The van der Waals surface area contributed by atoms with Crippen molar-refractivity contribution in [3.63, 3.8) is 0 Å². The molecular formula is C18H27F4N5O. The summed E-state index contributed by atoms with van der Waals surface area (Å²) in [6.45, 7) is 8.76. The van der Waals surface area contributed by atoms with Gasteiger partial charge in [0.05, 0.1) is 0 Å². The summed E-state index contributed by atoms with van der Waals surface area (Å²) in [5.41, 5.74) is -0.324.